The Labute approximate surface area is 121 Å². The average Bonchev–Trinajstić information content (AvgIpc) is 2.85. The lowest BCUT2D eigenvalue weighted by molar-refractivity contribution is -0.384. The molecule has 0 aliphatic rings. The summed E-state index contributed by atoms with van der Waals surface area (Å²) in [5.74, 6) is -0.654. The fourth-order valence-electron chi connectivity index (χ4n) is 1.36. The van der Waals surface area contributed by atoms with Crippen molar-refractivity contribution >= 4 is 45.4 Å². The third-order valence-corrected chi connectivity index (χ3v) is 3.25. The molecule has 0 aliphatic carbocycles. The van der Waals surface area contributed by atoms with E-state index in [9.17, 15) is 14.9 Å². The molecular weight excluding hydrogens is 308 g/mol. The van der Waals surface area contributed by atoms with Crippen molar-refractivity contribution < 1.29 is 14.5 Å². The minimum absolute atomic E-state index is 0.0948. The van der Waals surface area contributed by atoms with Gasteiger partial charge in [0.15, 0.2) is 0 Å². The minimum Gasteiger partial charge on any atom is -0.465 e. The van der Waals surface area contributed by atoms with E-state index in [4.69, 9.17) is 11.6 Å². The predicted molar refractivity (Wildman–Crippen MR) is 72.6 cm³/mol. The van der Waals surface area contributed by atoms with Crippen LogP contribution in [0.1, 0.15) is 10.4 Å². The van der Waals surface area contributed by atoms with Gasteiger partial charge < -0.3 is 10.1 Å². The molecule has 2 rings (SSSR count). The zero-order valence-electron chi connectivity index (χ0n) is 9.99. The number of ether oxygens (including phenoxy) is 1. The SMILES string of the molecule is COC(=O)c1ccsc1Nc1nc(Cl)ncc1[N+](=O)[O-]. The fraction of sp³-hybridized carbons (Fsp3) is 0.100. The van der Waals surface area contributed by atoms with Gasteiger partial charge in [0.2, 0.25) is 11.1 Å². The van der Waals surface area contributed by atoms with Crippen LogP contribution in [0.3, 0.4) is 0 Å². The van der Waals surface area contributed by atoms with Gasteiger partial charge in [-0.1, -0.05) is 0 Å². The van der Waals surface area contributed by atoms with E-state index in [-0.39, 0.29) is 22.4 Å². The van der Waals surface area contributed by atoms with Gasteiger partial charge in [0, 0.05) is 0 Å². The third kappa shape index (κ3) is 2.83. The van der Waals surface area contributed by atoms with E-state index >= 15 is 0 Å². The summed E-state index contributed by atoms with van der Waals surface area (Å²) < 4.78 is 4.61. The van der Waals surface area contributed by atoms with Crippen molar-refractivity contribution in [2.75, 3.05) is 12.4 Å². The van der Waals surface area contributed by atoms with E-state index in [1.807, 2.05) is 0 Å². The normalized spacial score (nSPS) is 10.1. The first-order chi connectivity index (χ1) is 9.52. The van der Waals surface area contributed by atoms with E-state index in [1.54, 1.807) is 5.38 Å². The van der Waals surface area contributed by atoms with Crippen LogP contribution in [0, 0.1) is 10.1 Å². The van der Waals surface area contributed by atoms with Crippen LogP contribution >= 0.6 is 22.9 Å². The first-order valence-corrected chi connectivity index (χ1v) is 6.38. The first-order valence-electron chi connectivity index (χ1n) is 5.12. The van der Waals surface area contributed by atoms with Crippen LogP contribution in [0.4, 0.5) is 16.5 Å². The number of hydrogen-bond donors (Lipinski definition) is 1. The Morgan fingerprint density at radius 3 is 3.00 bits per heavy atom. The highest BCUT2D eigenvalue weighted by atomic mass is 35.5. The molecule has 0 spiro atoms. The van der Waals surface area contributed by atoms with Gasteiger partial charge in [0.05, 0.1) is 17.6 Å². The number of carbonyl (C=O) groups excluding carboxylic acids is 1. The molecule has 0 amide bonds. The summed E-state index contributed by atoms with van der Waals surface area (Å²) in [6, 6.07) is 1.54. The average molecular weight is 315 g/mol. The summed E-state index contributed by atoms with van der Waals surface area (Å²) in [6.45, 7) is 0. The van der Waals surface area contributed by atoms with Crippen LogP contribution in [0.5, 0.6) is 0 Å². The molecule has 2 aromatic rings. The maximum Gasteiger partial charge on any atom is 0.340 e. The number of aromatic nitrogens is 2. The number of nitro groups is 1. The molecule has 0 saturated heterocycles. The predicted octanol–water partition coefficient (Wildman–Crippen LogP) is 2.63. The molecule has 0 aromatic carbocycles. The Kier molecular flexibility index (Phi) is 4.11. The van der Waals surface area contributed by atoms with Gasteiger partial charge in [-0.05, 0) is 23.0 Å². The largest absolute Gasteiger partial charge is 0.465 e. The highest BCUT2D eigenvalue weighted by Crippen LogP contribution is 2.31. The van der Waals surface area contributed by atoms with Crippen molar-refractivity contribution in [2.24, 2.45) is 0 Å². The topological polar surface area (TPSA) is 107 Å². The quantitative estimate of drug-likeness (QED) is 0.400. The number of nitrogens with one attached hydrogen (secondary N) is 1. The number of methoxy groups -OCH3 is 1. The molecule has 1 N–H and O–H groups in total. The summed E-state index contributed by atoms with van der Waals surface area (Å²) in [4.78, 5) is 29.1. The van der Waals surface area contributed by atoms with Crippen LogP contribution in [0.25, 0.3) is 0 Å². The number of rotatable bonds is 4. The Balaban J connectivity index is 2.40. The van der Waals surface area contributed by atoms with E-state index in [1.165, 1.54) is 24.5 Å². The number of anilines is 2. The van der Waals surface area contributed by atoms with Crippen LogP contribution in [-0.4, -0.2) is 28.0 Å². The number of halogens is 1. The van der Waals surface area contributed by atoms with Crippen molar-refractivity contribution in [3.63, 3.8) is 0 Å². The molecule has 2 heterocycles. The standard InChI is InChI=1S/C10H7ClN4O4S/c1-19-9(16)5-2-3-20-8(5)13-7-6(15(17)18)4-12-10(11)14-7/h2-4H,1H3,(H,12,13,14). The van der Waals surface area contributed by atoms with E-state index in [0.29, 0.717) is 5.00 Å². The Bertz CT molecular complexity index is 675. The summed E-state index contributed by atoms with van der Waals surface area (Å²) in [5, 5.41) is 15.5. The van der Waals surface area contributed by atoms with Gasteiger partial charge in [-0.2, -0.15) is 4.98 Å². The smallest absolute Gasteiger partial charge is 0.340 e. The molecule has 0 radical (unpaired) electrons. The minimum atomic E-state index is -0.649. The molecule has 0 fully saturated rings. The summed E-state index contributed by atoms with van der Waals surface area (Å²) in [6.07, 6.45) is 0.989. The van der Waals surface area contributed by atoms with Crippen molar-refractivity contribution in [3.05, 3.63) is 38.6 Å². The zero-order valence-corrected chi connectivity index (χ0v) is 11.6. The molecule has 0 saturated carbocycles. The lowest BCUT2D eigenvalue weighted by Crippen LogP contribution is -2.05. The number of esters is 1. The Hall–Kier alpha value is -2.26. The van der Waals surface area contributed by atoms with Gasteiger partial charge in [0.25, 0.3) is 0 Å². The van der Waals surface area contributed by atoms with Crippen LogP contribution in [-0.2, 0) is 4.74 Å². The molecular formula is C10H7ClN4O4S. The fourth-order valence-corrected chi connectivity index (χ4v) is 2.27. The highest BCUT2D eigenvalue weighted by Gasteiger charge is 2.20. The number of hydrogen-bond acceptors (Lipinski definition) is 8. The number of carbonyl (C=O) groups is 1. The molecule has 104 valence electrons. The van der Waals surface area contributed by atoms with Crippen LogP contribution < -0.4 is 5.32 Å². The van der Waals surface area contributed by atoms with Crippen molar-refractivity contribution in [1.82, 2.24) is 9.97 Å². The molecule has 2 aromatic heterocycles. The van der Waals surface area contributed by atoms with E-state index in [0.717, 1.165) is 6.20 Å². The second kappa shape index (κ2) is 5.80. The van der Waals surface area contributed by atoms with Gasteiger partial charge in [-0.15, -0.1) is 11.3 Å². The first kappa shape index (κ1) is 14.2. The second-order valence-electron chi connectivity index (χ2n) is 3.41. The van der Waals surface area contributed by atoms with Crippen molar-refractivity contribution in [3.8, 4) is 0 Å². The Morgan fingerprint density at radius 2 is 2.35 bits per heavy atom. The molecule has 0 unspecified atom stereocenters. The molecule has 0 bridgehead atoms. The molecule has 10 heteroatoms. The summed E-state index contributed by atoms with van der Waals surface area (Å²) in [7, 11) is 1.24. The number of nitrogens with zero attached hydrogens (tertiary/aromatic N) is 3. The van der Waals surface area contributed by atoms with Gasteiger partial charge in [-0.25, -0.2) is 9.78 Å². The maximum absolute atomic E-state index is 11.5. The number of thiophene rings is 1. The van der Waals surface area contributed by atoms with Gasteiger partial charge in [-0.3, -0.25) is 10.1 Å². The monoisotopic (exact) mass is 314 g/mol. The molecule has 20 heavy (non-hydrogen) atoms. The zero-order chi connectivity index (χ0) is 14.7. The summed E-state index contributed by atoms with van der Waals surface area (Å²) >= 11 is 6.79. The molecule has 8 nitrogen and oxygen atoms in total. The maximum atomic E-state index is 11.5. The molecule has 0 aliphatic heterocycles. The van der Waals surface area contributed by atoms with Crippen molar-refractivity contribution in [2.45, 2.75) is 0 Å². The summed E-state index contributed by atoms with van der Waals surface area (Å²) in [5.41, 5.74) is -0.0971. The van der Waals surface area contributed by atoms with Gasteiger partial charge >= 0.3 is 11.7 Å². The Morgan fingerprint density at radius 1 is 1.60 bits per heavy atom. The van der Waals surface area contributed by atoms with Gasteiger partial charge in [0.1, 0.15) is 11.2 Å². The van der Waals surface area contributed by atoms with Crippen LogP contribution in [0.15, 0.2) is 17.6 Å². The van der Waals surface area contributed by atoms with Crippen molar-refractivity contribution in [1.29, 1.82) is 0 Å². The molecule has 0 atom stereocenters. The van der Waals surface area contributed by atoms with Crippen LogP contribution in [0.2, 0.25) is 5.28 Å². The second-order valence-corrected chi connectivity index (χ2v) is 4.66. The lowest BCUT2D eigenvalue weighted by atomic mass is 10.3. The van der Waals surface area contributed by atoms with E-state index in [2.05, 4.69) is 20.0 Å². The third-order valence-electron chi connectivity index (χ3n) is 2.24. The lowest BCUT2D eigenvalue weighted by Gasteiger charge is -2.06. The van der Waals surface area contributed by atoms with E-state index < -0.39 is 10.9 Å². The highest BCUT2D eigenvalue weighted by molar-refractivity contribution is 7.14.